The molecule has 0 saturated heterocycles. The van der Waals surface area contributed by atoms with Crippen LogP contribution in [0.1, 0.15) is 46.3 Å². The van der Waals surface area contributed by atoms with Gasteiger partial charge in [0.15, 0.2) is 11.6 Å². The Labute approximate surface area is 76.1 Å². The van der Waals surface area contributed by atoms with Gasteiger partial charge >= 0.3 is 0 Å². The Kier molecular flexibility index (Phi) is 1.79. The molecule has 3 nitrogen and oxygen atoms in total. The second-order valence-electron chi connectivity index (χ2n) is 3.41. The largest absolute Gasteiger partial charge is 0.355 e. The first-order chi connectivity index (χ1) is 6.18. The molecule has 0 radical (unpaired) electrons. The smallest absolute Gasteiger partial charge is 0.175 e. The zero-order valence-electron chi connectivity index (χ0n) is 7.52. The first-order valence-corrected chi connectivity index (χ1v) is 4.44. The van der Waals surface area contributed by atoms with E-state index in [1.54, 1.807) is 6.07 Å². The van der Waals surface area contributed by atoms with Crippen molar-refractivity contribution in [3.8, 4) is 0 Å². The second-order valence-corrected chi connectivity index (χ2v) is 3.41. The normalized spacial score (nSPS) is 15.6. The van der Waals surface area contributed by atoms with Crippen LogP contribution < -0.4 is 0 Å². The summed E-state index contributed by atoms with van der Waals surface area (Å²) in [5.41, 5.74) is 2.21. The van der Waals surface area contributed by atoms with Crippen LogP contribution in [-0.4, -0.2) is 16.6 Å². The highest BCUT2D eigenvalue weighted by Crippen LogP contribution is 2.21. The third kappa shape index (κ3) is 1.30. The van der Waals surface area contributed by atoms with E-state index >= 15 is 0 Å². The SMILES string of the molecule is CC(=O)c1cc2c([nH]1)CCCC2=O. The van der Waals surface area contributed by atoms with E-state index in [9.17, 15) is 9.59 Å². The number of H-pyrrole nitrogens is 1. The molecule has 68 valence electrons. The van der Waals surface area contributed by atoms with E-state index in [4.69, 9.17) is 0 Å². The number of hydrogen-bond acceptors (Lipinski definition) is 2. The minimum atomic E-state index is -0.0119. The van der Waals surface area contributed by atoms with Crippen LogP contribution in [0, 0.1) is 0 Å². The Morgan fingerprint density at radius 2 is 2.23 bits per heavy atom. The number of fused-ring (bicyclic) bond motifs is 1. The summed E-state index contributed by atoms with van der Waals surface area (Å²) in [5, 5.41) is 0. The first kappa shape index (κ1) is 8.23. The van der Waals surface area contributed by atoms with Gasteiger partial charge in [0, 0.05) is 24.6 Å². The van der Waals surface area contributed by atoms with Crippen molar-refractivity contribution in [1.29, 1.82) is 0 Å². The fraction of sp³-hybridized carbons (Fsp3) is 0.400. The van der Waals surface area contributed by atoms with Gasteiger partial charge in [-0.1, -0.05) is 0 Å². The van der Waals surface area contributed by atoms with Crippen molar-refractivity contribution in [2.45, 2.75) is 26.2 Å². The Morgan fingerprint density at radius 1 is 1.46 bits per heavy atom. The van der Waals surface area contributed by atoms with Crippen LogP contribution in [0.2, 0.25) is 0 Å². The fourth-order valence-electron chi connectivity index (χ4n) is 1.69. The van der Waals surface area contributed by atoms with E-state index in [-0.39, 0.29) is 11.6 Å². The highest BCUT2D eigenvalue weighted by atomic mass is 16.1. The summed E-state index contributed by atoms with van der Waals surface area (Å²) < 4.78 is 0. The summed E-state index contributed by atoms with van der Waals surface area (Å²) in [6.07, 6.45) is 2.39. The lowest BCUT2D eigenvalue weighted by Crippen LogP contribution is -2.08. The lowest BCUT2D eigenvalue weighted by molar-refractivity contribution is 0.0971. The molecule has 3 heteroatoms. The van der Waals surface area contributed by atoms with Crippen molar-refractivity contribution in [3.05, 3.63) is 23.0 Å². The number of hydrogen-bond donors (Lipinski definition) is 1. The quantitative estimate of drug-likeness (QED) is 0.664. The average Bonchev–Trinajstić information content (AvgIpc) is 2.49. The third-order valence-corrected chi connectivity index (χ3v) is 2.41. The number of Topliss-reactive ketones (excluding diaryl/α,β-unsaturated/α-hetero) is 2. The van der Waals surface area contributed by atoms with Crippen molar-refractivity contribution in [2.75, 3.05) is 0 Å². The zero-order valence-corrected chi connectivity index (χ0v) is 7.52. The van der Waals surface area contributed by atoms with E-state index in [0.29, 0.717) is 12.1 Å². The molecular weight excluding hydrogens is 166 g/mol. The number of carbonyl (C=O) groups is 2. The number of carbonyl (C=O) groups excluding carboxylic acids is 2. The number of aryl methyl sites for hydroxylation is 1. The molecule has 0 bridgehead atoms. The fourth-order valence-corrected chi connectivity index (χ4v) is 1.69. The van der Waals surface area contributed by atoms with Crippen LogP contribution in [0.5, 0.6) is 0 Å². The minimum Gasteiger partial charge on any atom is -0.355 e. The Hall–Kier alpha value is -1.38. The molecule has 1 heterocycles. The van der Waals surface area contributed by atoms with E-state index in [1.165, 1.54) is 6.92 Å². The number of aromatic amines is 1. The van der Waals surface area contributed by atoms with Gasteiger partial charge in [-0.25, -0.2) is 0 Å². The number of ketones is 2. The van der Waals surface area contributed by atoms with Gasteiger partial charge in [-0.3, -0.25) is 9.59 Å². The summed E-state index contributed by atoms with van der Waals surface area (Å²) in [6.45, 7) is 1.50. The van der Waals surface area contributed by atoms with Gasteiger partial charge < -0.3 is 4.98 Å². The Morgan fingerprint density at radius 3 is 2.85 bits per heavy atom. The minimum absolute atomic E-state index is 0.0119. The molecule has 1 aliphatic rings. The average molecular weight is 177 g/mol. The van der Waals surface area contributed by atoms with Crippen molar-refractivity contribution < 1.29 is 9.59 Å². The van der Waals surface area contributed by atoms with Crippen LogP contribution in [0.4, 0.5) is 0 Å². The van der Waals surface area contributed by atoms with Gasteiger partial charge in [0.2, 0.25) is 0 Å². The van der Waals surface area contributed by atoms with Gasteiger partial charge in [0.1, 0.15) is 0 Å². The Bertz CT molecular complexity index is 376. The number of nitrogens with one attached hydrogen (secondary N) is 1. The van der Waals surface area contributed by atoms with Gasteiger partial charge in [0.05, 0.1) is 5.69 Å². The lowest BCUT2D eigenvalue weighted by Gasteiger charge is -2.08. The Balaban J connectivity index is 2.48. The molecule has 0 saturated carbocycles. The van der Waals surface area contributed by atoms with E-state index in [2.05, 4.69) is 4.98 Å². The predicted molar refractivity (Wildman–Crippen MR) is 48.1 cm³/mol. The molecule has 0 aromatic carbocycles. The van der Waals surface area contributed by atoms with Gasteiger partial charge in [-0.2, -0.15) is 0 Å². The van der Waals surface area contributed by atoms with Crippen molar-refractivity contribution in [3.63, 3.8) is 0 Å². The highest BCUT2D eigenvalue weighted by Gasteiger charge is 2.20. The van der Waals surface area contributed by atoms with Crippen molar-refractivity contribution in [2.24, 2.45) is 0 Å². The topological polar surface area (TPSA) is 49.9 Å². The molecule has 0 amide bonds. The zero-order chi connectivity index (χ0) is 9.42. The maximum atomic E-state index is 11.4. The monoisotopic (exact) mass is 177 g/mol. The molecule has 0 atom stereocenters. The summed E-state index contributed by atoms with van der Waals surface area (Å²) in [7, 11) is 0. The maximum absolute atomic E-state index is 11.4. The molecule has 0 aliphatic heterocycles. The lowest BCUT2D eigenvalue weighted by atomic mass is 9.97. The maximum Gasteiger partial charge on any atom is 0.175 e. The third-order valence-electron chi connectivity index (χ3n) is 2.41. The molecule has 1 aromatic rings. The summed E-state index contributed by atoms with van der Waals surface area (Å²) in [4.78, 5) is 25.4. The molecule has 2 rings (SSSR count). The standard InChI is InChI=1S/C10H11NO2/c1-6(12)9-5-7-8(11-9)3-2-4-10(7)13/h5,11H,2-4H2,1H3. The van der Waals surface area contributed by atoms with Crippen LogP contribution in [-0.2, 0) is 6.42 Å². The molecule has 0 fully saturated rings. The highest BCUT2D eigenvalue weighted by molar-refractivity contribution is 6.01. The molecule has 1 aromatic heterocycles. The van der Waals surface area contributed by atoms with Gasteiger partial charge in [-0.05, 0) is 18.9 Å². The predicted octanol–water partition coefficient (Wildman–Crippen LogP) is 1.74. The summed E-state index contributed by atoms with van der Waals surface area (Å²) in [5.74, 6) is 0.146. The summed E-state index contributed by atoms with van der Waals surface area (Å²) >= 11 is 0. The first-order valence-electron chi connectivity index (χ1n) is 4.44. The van der Waals surface area contributed by atoms with Gasteiger partial charge in [0.25, 0.3) is 0 Å². The van der Waals surface area contributed by atoms with Crippen LogP contribution in [0.25, 0.3) is 0 Å². The number of rotatable bonds is 1. The molecule has 13 heavy (non-hydrogen) atoms. The van der Waals surface area contributed by atoms with Crippen LogP contribution in [0.3, 0.4) is 0 Å². The number of aromatic nitrogens is 1. The van der Waals surface area contributed by atoms with Crippen molar-refractivity contribution >= 4 is 11.6 Å². The van der Waals surface area contributed by atoms with Crippen LogP contribution >= 0.6 is 0 Å². The second kappa shape index (κ2) is 2.83. The van der Waals surface area contributed by atoms with Crippen LogP contribution in [0.15, 0.2) is 6.07 Å². The van der Waals surface area contributed by atoms with E-state index < -0.39 is 0 Å². The molecular formula is C10H11NO2. The molecule has 0 spiro atoms. The molecule has 0 unspecified atom stereocenters. The summed E-state index contributed by atoms with van der Waals surface area (Å²) in [6, 6.07) is 1.68. The molecule has 1 N–H and O–H groups in total. The van der Waals surface area contributed by atoms with E-state index in [1.807, 2.05) is 0 Å². The van der Waals surface area contributed by atoms with Gasteiger partial charge in [-0.15, -0.1) is 0 Å². The van der Waals surface area contributed by atoms with Crippen molar-refractivity contribution in [1.82, 2.24) is 4.98 Å². The van der Waals surface area contributed by atoms with E-state index in [0.717, 1.165) is 24.1 Å². The molecule has 1 aliphatic carbocycles.